The van der Waals surface area contributed by atoms with E-state index in [1.165, 1.54) is 17.3 Å². The lowest BCUT2D eigenvalue weighted by Crippen LogP contribution is -2.07. The maximum absolute atomic E-state index is 13.0. The highest BCUT2D eigenvalue weighted by atomic mass is 32.2. The summed E-state index contributed by atoms with van der Waals surface area (Å²) < 4.78 is 7.25. The van der Waals surface area contributed by atoms with Crippen LogP contribution in [0.25, 0.3) is 17.1 Å². The second-order valence-corrected chi connectivity index (χ2v) is 8.48. The number of hydrogen-bond donors (Lipinski definition) is 0. The maximum Gasteiger partial charge on any atom is 0.196 e. The topological polar surface area (TPSA) is 69.9 Å². The van der Waals surface area contributed by atoms with Gasteiger partial charge in [-0.05, 0) is 79.9 Å². The molecule has 0 atom stereocenters. The van der Waals surface area contributed by atoms with Crippen molar-refractivity contribution in [2.24, 2.45) is 0 Å². The predicted molar refractivity (Wildman–Crippen MR) is 127 cm³/mol. The second kappa shape index (κ2) is 9.36. The number of carbonyl (C=O) groups excluding carboxylic acids is 1. The lowest BCUT2D eigenvalue weighted by molar-refractivity contribution is 0.102. The van der Waals surface area contributed by atoms with Gasteiger partial charge in [-0.1, -0.05) is 17.8 Å². The standard InChI is InChI=1S/C25H24N4O2S/c1-16-13-18(3)22(14-17(16)2)23(30)15-32-25-28-27-24(19-9-11-26-12-10-19)29(25)20-5-7-21(31-4)8-6-20/h5-14H,15H2,1-4H3. The van der Waals surface area contributed by atoms with Crippen molar-refractivity contribution in [3.63, 3.8) is 0 Å². The molecule has 162 valence electrons. The second-order valence-electron chi connectivity index (χ2n) is 7.54. The number of methoxy groups -OCH3 is 1. The monoisotopic (exact) mass is 444 g/mol. The Balaban J connectivity index is 1.67. The van der Waals surface area contributed by atoms with E-state index in [0.29, 0.717) is 11.0 Å². The van der Waals surface area contributed by atoms with E-state index in [1.807, 2.05) is 60.9 Å². The summed E-state index contributed by atoms with van der Waals surface area (Å²) in [6.07, 6.45) is 3.45. The normalized spacial score (nSPS) is 10.9. The molecule has 0 aliphatic rings. The lowest BCUT2D eigenvalue weighted by atomic mass is 9.99. The average molecular weight is 445 g/mol. The number of benzene rings is 2. The Labute approximate surface area is 191 Å². The van der Waals surface area contributed by atoms with E-state index in [1.54, 1.807) is 19.5 Å². The van der Waals surface area contributed by atoms with Crippen LogP contribution in [0.1, 0.15) is 27.0 Å². The fourth-order valence-corrected chi connectivity index (χ4v) is 4.32. The first kappa shape index (κ1) is 21.8. The number of nitrogens with zero attached hydrogens (tertiary/aromatic N) is 4. The number of ketones is 1. The minimum absolute atomic E-state index is 0.0744. The van der Waals surface area contributed by atoms with Crippen LogP contribution >= 0.6 is 11.8 Å². The summed E-state index contributed by atoms with van der Waals surface area (Å²) in [4.78, 5) is 17.1. The summed E-state index contributed by atoms with van der Waals surface area (Å²) in [5, 5.41) is 9.47. The predicted octanol–water partition coefficient (Wildman–Crippen LogP) is 5.24. The number of aryl methyl sites for hydroxylation is 3. The van der Waals surface area contributed by atoms with Crippen LogP contribution in [0.3, 0.4) is 0 Å². The fourth-order valence-electron chi connectivity index (χ4n) is 3.48. The quantitative estimate of drug-likeness (QED) is 0.287. The first-order valence-electron chi connectivity index (χ1n) is 10.2. The van der Waals surface area contributed by atoms with E-state index in [9.17, 15) is 4.79 Å². The van der Waals surface area contributed by atoms with E-state index < -0.39 is 0 Å². The summed E-state index contributed by atoms with van der Waals surface area (Å²) in [6.45, 7) is 6.06. The summed E-state index contributed by atoms with van der Waals surface area (Å²) >= 11 is 1.38. The van der Waals surface area contributed by atoms with Crippen LogP contribution in [0.4, 0.5) is 0 Å². The molecule has 2 heterocycles. The van der Waals surface area contributed by atoms with E-state index >= 15 is 0 Å². The highest BCUT2D eigenvalue weighted by Gasteiger charge is 2.19. The molecule has 0 saturated carbocycles. The van der Waals surface area contributed by atoms with Crippen LogP contribution in [0.2, 0.25) is 0 Å². The highest BCUT2D eigenvalue weighted by molar-refractivity contribution is 7.99. The zero-order valence-electron chi connectivity index (χ0n) is 18.5. The van der Waals surface area contributed by atoms with Gasteiger partial charge in [0.15, 0.2) is 16.8 Å². The number of carbonyl (C=O) groups is 1. The average Bonchev–Trinajstić information content (AvgIpc) is 3.24. The van der Waals surface area contributed by atoms with Gasteiger partial charge in [0.25, 0.3) is 0 Å². The van der Waals surface area contributed by atoms with Gasteiger partial charge in [-0.3, -0.25) is 14.3 Å². The number of thioether (sulfide) groups is 1. The Morgan fingerprint density at radius 1 is 0.938 bits per heavy atom. The molecular formula is C25H24N4O2S. The van der Waals surface area contributed by atoms with E-state index in [4.69, 9.17) is 4.74 Å². The van der Waals surface area contributed by atoms with Crippen LogP contribution in [-0.2, 0) is 0 Å². The van der Waals surface area contributed by atoms with Crippen LogP contribution in [0.5, 0.6) is 5.75 Å². The lowest BCUT2D eigenvalue weighted by Gasteiger charge is -2.12. The first-order chi connectivity index (χ1) is 15.5. The minimum atomic E-state index is 0.0744. The zero-order chi connectivity index (χ0) is 22.7. The Morgan fingerprint density at radius 3 is 2.31 bits per heavy atom. The molecule has 0 aliphatic heterocycles. The van der Waals surface area contributed by atoms with E-state index in [2.05, 4.69) is 28.2 Å². The van der Waals surface area contributed by atoms with Crippen molar-refractivity contribution < 1.29 is 9.53 Å². The third-order valence-electron chi connectivity index (χ3n) is 5.38. The summed E-state index contributed by atoms with van der Waals surface area (Å²) in [5.74, 6) is 1.80. The van der Waals surface area contributed by atoms with Crippen LogP contribution in [0, 0.1) is 20.8 Å². The van der Waals surface area contributed by atoms with Gasteiger partial charge in [0.2, 0.25) is 0 Å². The summed E-state index contributed by atoms with van der Waals surface area (Å²) in [5.41, 5.74) is 5.84. The molecule has 2 aromatic carbocycles. The molecular weight excluding hydrogens is 420 g/mol. The van der Waals surface area contributed by atoms with Gasteiger partial charge >= 0.3 is 0 Å². The van der Waals surface area contributed by atoms with Crippen LogP contribution in [0.15, 0.2) is 66.1 Å². The number of pyridine rings is 1. The van der Waals surface area contributed by atoms with Crippen molar-refractivity contribution in [1.29, 1.82) is 0 Å². The van der Waals surface area contributed by atoms with Gasteiger partial charge in [-0.2, -0.15) is 0 Å². The summed E-state index contributed by atoms with van der Waals surface area (Å²) in [7, 11) is 1.64. The van der Waals surface area contributed by atoms with Gasteiger partial charge in [-0.25, -0.2) is 0 Å². The number of hydrogen-bond acceptors (Lipinski definition) is 6. The van der Waals surface area contributed by atoms with Gasteiger partial charge in [0.05, 0.1) is 12.9 Å². The van der Waals surface area contributed by atoms with Gasteiger partial charge in [0, 0.05) is 29.2 Å². The Bertz CT molecular complexity index is 1250. The molecule has 4 aromatic rings. The van der Waals surface area contributed by atoms with Gasteiger partial charge in [-0.15, -0.1) is 10.2 Å². The molecule has 0 bridgehead atoms. The molecule has 0 fully saturated rings. The Kier molecular flexibility index (Phi) is 6.37. The SMILES string of the molecule is COc1ccc(-n2c(SCC(=O)c3cc(C)c(C)cc3C)nnc2-c2ccncc2)cc1. The molecule has 4 rings (SSSR count). The first-order valence-corrected chi connectivity index (χ1v) is 11.2. The molecule has 6 nitrogen and oxygen atoms in total. The smallest absolute Gasteiger partial charge is 0.196 e. The molecule has 7 heteroatoms. The van der Waals surface area contributed by atoms with Gasteiger partial charge in [0.1, 0.15) is 5.75 Å². The van der Waals surface area contributed by atoms with Crippen molar-refractivity contribution in [3.05, 3.63) is 83.2 Å². The minimum Gasteiger partial charge on any atom is -0.497 e. The van der Waals surface area contributed by atoms with Gasteiger partial charge < -0.3 is 4.74 Å². The fraction of sp³-hybridized carbons (Fsp3) is 0.200. The highest BCUT2D eigenvalue weighted by Crippen LogP contribution is 2.29. The molecule has 0 aliphatic carbocycles. The number of ether oxygens (including phenoxy) is 1. The zero-order valence-corrected chi connectivity index (χ0v) is 19.3. The van der Waals surface area contributed by atoms with Crippen molar-refractivity contribution in [2.75, 3.05) is 12.9 Å². The largest absolute Gasteiger partial charge is 0.497 e. The molecule has 0 radical (unpaired) electrons. The molecule has 0 unspecified atom stereocenters. The molecule has 0 N–H and O–H groups in total. The Hall–Kier alpha value is -3.45. The maximum atomic E-state index is 13.0. The van der Waals surface area contributed by atoms with Crippen molar-refractivity contribution >= 4 is 17.5 Å². The Morgan fingerprint density at radius 2 is 1.62 bits per heavy atom. The summed E-state index contributed by atoms with van der Waals surface area (Å²) in [6, 6.07) is 15.5. The number of aromatic nitrogens is 4. The van der Waals surface area contributed by atoms with Crippen molar-refractivity contribution in [3.8, 4) is 22.8 Å². The van der Waals surface area contributed by atoms with E-state index in [0.717, 1.165) is 33.7 Å². The molecule has 32 heavy (non-hydrogen) atoms. The third-order valence-corrected chi connectivity index (χ3v) is 6.30. The third kappa shape index (κ3) is 4.43. The number of Topliss-reactive ketones (excluding diaryl/α,β-unsaturated/α-hetero) is 1. The molecule has 0 spiro atoms. The van der Waals surface area contributed by atoms with Crippen LogP contribution in [-0.4, -0.2) is 38.4 Å². The van der Waals surface area contributed by atoms with Crippen molar-refractivity contribution in [1.82, 2.24) is 19.7 Å². The molecule has 2 aromatic heterocycles. The molecule has 0 amide bonds. The van der Waals surface area contributed by atoms with E-state index in [-0.39, 0.29) is 11.5 Å². The van der Waals surface area contributed by atoms with Crippen molar-refractivity contribution in [2.45, 2.75) is 25.9 Å². The number of rotatable bonds is 7. The molecule has 0 saturated heterocycles. The van der Waals surface area contributed by atoms with Crippen LogP contribution < -0.4 is 4.74 Å².